The van der Waals surface area contributed by atoms with E-state index < -0.39 is 0 Å². The smallest absolute Gasteiger partial charge is 0.238 e. The summed E-state index contributed by atoms with van der Waals surface area (Å²) in [6.07, 6.45) is 7.82. The third-order valence-electron chi connectivity index (χ3n) is 5.33. The summed E-state index contributed by atoms with van der Waals surface area (Å²) in [4.78, 5) is 14.0. The largest absolute Gasteiger partial charge is 0.376 e. The highest BCUT2D eigenvalue weighted by molar-refractivity contribution is 8.02. The summed E-state index contributed by atoms with van der Waals surface area (Å²) in [6, 6.07) is 2.32. The minimum absolute atomic E-state index is 0.114. The van der Waals surface area contributed by atoms with Gasteiger partial charge in [-0.15, -0.1) is 21.5 Å². The van der Waals surface area contributed by atoms with Gasteiger partial charge >= 0.3 is 0 Å². The maximum atomic E-state index is 12.8. The SMILES string of the molecule is CC(Sc1nnc(NCC2CCCO2)s1)C(=O)Nc1sc2c(c1C#N)CCCCC2. The summed E-state index contributed by atoms with van der Waals surface area (Å²) in [5.74, 6) is -0.114. The lowest BCUT2D eigenvalue weighted by atomic mass is 10.1. The van der Waals surface area contributed by atoms with Crippen LogP contribution in [-0.4, -0.2) is 40.6 Å². The molecule has 7 nitrogen and oxygen atoms in total. The van der Waals surface area contributed by atoms with Crippen molar-refractivity contribution in [2.45, 2.75) is 67.6 Å². The number of rotatable bonds is 7. The number of carbonyl (C=O) groups is 1. The molecule has 1 fully saturated rings. The first-order chi connectivity index (χ1) is 14.6. The second-order valence-corrected chi connectivity index (χ2v) is 11.2. The van der Waals surface area contributed by atoms with Crippen molar-refractivity contribution < 1.29 is 9.53 Å². The fourth-order valence-electron chi connectivity index (χ4n) is 3.70. The van der Waals surface area contributed by atoms with E-state index >= 15 is 0 Å². The summed E-state index contributed by atoms with van der Waals surface area (Å²) < 4.78 is 6.35. The zero-order valence-corrected chi connectivity index (χ0v) is 19.4. The van der Waals surface area contributed by atoms with Crippen LogP contribution in [0.3, 0.4) is 0 Å². The first-order valence-electron chi connectivity index (χ1n) is 10.3. The lowest BCUT2D eigenvalue weighted by Gasteiger charge is -2.09. The van der Waals surface area contributed by atoms with E-state index in [4.69, 9.17) is 4.74 Å². The molecule has 1 aliphatic carbocycles. The van der Waals surface area contributed by atoms with Gasteiger partial charge in [0.15, 0.2) is 4.34 Å². The zero-order valence-electron chi connectivity index (χ0n) is 16.9. The number of anilines is 2. The molecule has 10 heteroatoms. The lowest BCUT2D eigenvalue weighted by Crippen LogP contribution is -2.22. The molecule has 3 heterocycles. The quantitative estimate of drug-likeness (QED) is 0.462. The molecule has 0 saturated carbocycles. The number of amides is 1. The Hall–Kier alpha value is -1.67. The molecule has 1 amide bonds. The highest BCUT2D eigenvalue weighted by Crippen LogP contribution is 2.37. The van der Waals surface area contributed by atoms with E-state index in [1.54, 1.807) is 11.3 Å². The molecule has 2 unspecified atom stereocenters. The Morgan fingerprint density at radius 2 is 2.17 bits per heavy atom. The molecule has 1 aliphatic heterocycles. The van der Waals surface area contributed by atoms with E-state index in [1.165, 1.54) is 34.4 Å². The van der Waals surface area contributed by atoms with E-state index in [2.05, 4.69) is 26.9 Å². The summed E-state index contributed by atoms with van der Waals surface area (Å²) in [7, 11) is 0. The van der Waals surface area contributed by atoms with E-state index in [0.717, 1.165) is 66.7 Å². The predicted molar refractivity (Wildman–Crippen MR) is 122 cm³/mol. The zero-order chi connectivity index (χ0) is 20.9. The monoisotopic (exact) mass is 463 g/mol. The highest BCUT2D eigenvalue weighted by Gasteiger charge is 2.24. The van der Waals surface area contributed by atoms with Crippen LogP contribution in [0, 0.1) is 11.3 Å². The van der Waals surface area contributed by atoms with Gasteiger partial charge in [0.2, 0.25) is 11.0 Å². The Labute approximate surface area is 188 Å². The van der Waals surface area contributed by atoms with Gasteiger partial charge in [0.1, 0.15) is 11.1 Å². The fourth-order valence-corrected chi connectivity index (χ4v) is 6.85. The van der Waals surface area contributed by atoms with Crippen molar-refractivity contribution in [2.75, 3.05) is 23.8 Å². The van der Waals surface area contributed by atoms with Crippen LogP contribution in [0.2, 0.25) is 0 Å². The number of nitriles is 1. The van der Waals surface area contributed by atoms with Crippen molar-refractivity contribution in [3.63, 3.8) is 0 Å². The maximum Gasteiger partial charge on any atom is 0.238 e. The summed E-state index contributed by atoms with van der Waals surface area (Å²) in [5.41, 5.74) is 1.79. The van der Waals surface area contributed by atoms with Crippen LogP contribution >= 0.6 is 34.4 Å². The maximum absolute atomic E-state index is 12.8. The third-order valence-corrected chi connectivity index (χ3v) is 8.60. The molecule has 160 valence electrons. The number of nitrogens with zero attached hydrogens (tertiary/aromatic N) is 3. The number of thiophene rings is 1. The lowest BCUT2D eigenvalue weighted by molar-refractivity contribution is -0.115. The van der Waals surface area contributed by atoms with Gasteiger partial charge in [-0.25, -0.2) is 0 Å². The Morgan fingerprint density at radius 1 is 1.30 bits per heavy atom. The van der Waals surface area contributed by atoms with Crippen LogP contribution in [0.5, 0.6) is 0 Å². The molecule has 30 heavy (non-hydrogen) atoms. The number of nitrogens with one attached hydrogen (secondary N) is 2. The van der Waals surface area contributed by atoms with Gasteiger partial charge in [0.05, 0.1) is 16.9 Å². The third kappa shape index (κ3) is 5.14. The minimum atomic E-state index is -0.336. The van der Waals surface area contributed by atoms with Crippen LogP contribution in [-0.2, 0) is 22.4 Å². The number of fused-ring (bicyclic) bond motifs is 1. The summed E-state index contributed by atoms with van der Waals surface area (Å²) >= 11 is 4.39. The van der Waals surface area contributed by atoms with Crippen molar-refractivity contribution >= 4 is 50.5 Å². The molecule has 4 rings (SSSR count). The van der Waals surface area contributed by atoms with E-state index in [0.29, 0.717) is 10.6 Å². The molecule has 1 saturated heterocycles. The molecule has 0 bridgehead atoms. The Kier molecular flexibility index (Phi) is 7.25. The number of aromatic nitrogens is 2. The topological polar surface area (TPSA) is 99.9 Å². The average Bonchev–Trinajstić information content (AvgIpc) is 3.44. The van der Waals surface area contributed by atoms with Crippen LogP contribution in [0.15, 0.2) is 4.34 Å². The molecule has 2 aromatic heterocycles. The number of hydrogen-bond acceptors (Lipinski definition) is 9. The second kappa shape index (κ2) is 10.1. The number of aryl methyl sites for hydroxylation is 1. The van der Waals surface area contributed by atoms with Crippen LogP contribution in [0.1, 0.15) is 55.0 Å². The molecule has 0 spiro atoms. The van der Waals surface area contributed by atoms with Gasteiger partial charge in [-0.05, 0) is 51.0 Å². The van der Waals surface area contributed by atoms with Crippen molar-refractivity contribution in [3.8, 4) is 6.07 Å². The predicted octanol–water partition coefficient (Wildman–Crippen LogP) is 4.45. The van der Waals surface area contributed by atoms with E-state index in [-0.39, 0.29) is 17.3 Å². The van der Waals surface area contributed by atoms with Crippen LogP contribution in [0.25, 0.3) is 0 Å². The van der Waals surface area contributed by atoms with Gasteiger partial charge in [0.25, 0.3) is 0 Å². The minimum Gasteiger partial charge on any atom is -0.376 e. The molecular formula is C20H25N5O2S3. The number of hydrogen-bond donors (Lipinski definition) is 2. The second-order valence-electron chi connectivity index (χ2n) is 7.52. The first-order valence-corrected chi connectivity index (χ1v) is 12.9. The standard InChI is InChI=1S/C20H25N5O2S3/c1-12(28-20-25-24-19(30-20)22-11-13-6-5-9-27-13)17(26)23-18-15(10-21)14-7-3-2-4-8-16(14)29-18/h12-13H,2-9,11H2,1H3,(H,22,24)(H,23,26). The van der Waals surface area contributed by atoms with Crippen molar-refractivity contribution in [1.29, 1.82) is 5.26 Å². The van der Waals surface area contributed by atoms with E-state index in [1.807, 2.05) is 6.92 Å². The van der Waals surface area contributed by atoms with Gasteiger partial charge in [-0.3, -0.25) is 4.79 Å². The summed E-state index contributed by atoms with van der Waals surface area (Å²) in [5, 5.41) is 25.3. The average molecular weight is 464 g/mol. The highest BCUT2D eigenvalue weighted by atomic mass is 32.2. The van der Waals surface area contributed by atoms with Gasteiger partial charge in [0, 0.05) is 18.0 Å². The number of thioether (sulfide) groups is 1. The Bertz CT molecular complexity index is 930. The fraction of sp³-hybridized carbons (Fsp3) is 0.600. The Balaban J connectivity index is 1.34. The normalized spacial score (nSPS) is 19.5. The van der Waals surface area contributed by atoms with Crippen molar-refractivity contribution in [3.05, 3.63) is 16.0 Å². The Morgan fingerprint density at radius 3 is 2.97 bits per heavy atom. The molecule has 2 aliphatic rings. The number of carbonyl (C=O) groups excluding carboxylic acids is 1. The van der Waals surface area contributed by atoms with Crippen molar-refractivity contribution in [1.82, 2.24) is 10.2 Å². The molecular weight excluding hydrogens is 438 g/mol. The molecule has 0 radical (unpaired) electrons. The number of ether oxygens (including phenoxy) is 1. The van der Waals surface area contributed by atoms with Crippen LogP contribution in [0.4, 0.5) is 10.1 Å². The van der Waals surface area contributed by atoms with Crippen LogP contribution < -0.4 is 10.6 Å². The van der Waals surface area contributed by atoms with Crippen molar-refractivity contribution in [2.24, 2.45) is 0 Å². The molecule has 2 aromatic rings. The van der Waals surface area contributed by atoms with E-state index in [9.17, 15) is 10.1 Å². The van der Waals surface area contributed by atoms with Gasteiger partial charge in [-0.2, -0.15) is 5.26 Å². The van der Waals surface area contributed by atoms with Gasteiger partial charge in [-0.1, -0.05) is 29.5 Å². The molecule has 2 N–H and O–H groups in total. The first kappa shape index (κ1) is 21.6. The molecule has 2 atom stereocenters. The van der Waals surface area contributed by atoms with Gasteiger partial charge < -0.3 is 15.4 Å². The molecule has 0 aromatic carbocycles. The summed E-state index contributed by atoms with van der Waals surface area (Å²) in [6.45, 7) is 3.41.